The maximum absolute atomic E-state index is 12.3. The van der Waals surface area contributed by atoms with Gasteiger partial charge < -0.3 is 15.0 Å². The molecule has 2 aliphatic rings. The minimum Gasteiger partial charge on any atom is -0.368 e. The average molecular weight is 359 g/mol. The van der Waals surface area contributed by atoms with Crippen LogP contribution in [0.4, 0.5) is 5.69 Å². The Kier molecular flexibility index (Phi) is 6.27. The third kappa shape index (κ3) is 4.83. The fourth-order valence-electron chi connectivity index (χ4n) is 3.46. The fraction of sp³-hybridized carbons (Fsp3) is 0.600. The molecule has 0 spiro atoms. The SMILES string of the molecule is CC(C)c1ccc(NC(=O)CN2CCN(C(=O)[C@H]3CCCO3)CC2)cc1. The number of amides is 2. The number of piperazine rings is 1. The summed E-state index contributed by atoms with van der Waals surface area (Å²) in [6.45, 7) is 8.11. The minimum atomic E-state index is -0.251. The number of carbonyl (C=O) groups is 2. The number of nitrogens with zero attached hydrogens (tertiary/aromatic N) is 2. The molecule has 26 heavy (non-hydrogen) atoms. The molecule has 0 unspecified atom stereocenters. The highest BCUT2D eigenvalue weighted by molar-refractivity contribution is 5.92. The van der Waals surface area contributed by atoms with Crippen molar-refractivity contribution in [2.45, 2.75) is 38.7 Å². The lowest BCUT2D eigenvalue weighted by atomic mass is 10.0. The van der Waals surface area contributed by atoms with Crippen LogP contribution in [0.3, 0.4) is 0 Å². The first-order chi connectivity index (χ1) is 12.5. The molecule has 1 aromatic carbocycles. The van der Waals surface area contributed by atoms with Crippen LogP contribution < -0.4 is 5.32 Å². The highest BCUT2D eigenvalue weighted by Gasteiger charge is 2.30. The van der Waals surface area contributed by atoms with Gasteiger partial charge in [-0.25, -0.2) is 0 Å². The topological polar surface area (TPSA) is 61.9 Å². The van der Waals surface area contributed by atoms with Crippen molar-refractivity contribution in [1.82, 2.24) is 9.80 Å². The normalized spacial score (nSPS) is 21.2. The molecule has 6 nitrogen and oxygen atoms in total. The molecule has 2 heterocycles. The maximum atomic E-state index is 12.3. The van der Waals surface area contributed by atoms with Crippen molar-refractivity contribution in [3.63, 3.8) is 0 Å². The minimum absolute atomic E-state index is 0.0128. The molecule has 1 aromatic rings. The van der Waals surface area contributed by atoms with E-state index in [1.165, 1.54) is 5.56 Å². The largest absolute Gasteiger partial charge is 0.368 e. The number of rotatable bonds is 5. The fourth-order valence-corrected chi connectivity index (χ4v) is 3.46. The molecule has 2 amide bonds. The number of nitrogens with one attached hydrogen (secondary N) is 1. The smallest absolute Gasteiger partial charge is 0.251 e. The van der Waals surface area contributed by atoms with Gasteiger partial charge >= 0.3 is 0 Å². The van der Waals surface area contributed by atoms with Gasteiger partial charge in [0.2, 0.25) is 5.91 Å². The average Bonchev–Trinajstić information content (AvgIpc) is 3.17. The number of hydrogen-bond donors (Lipinski definition) is 1. The summed E-state index contributed by atoms with van der Waals surface area (Å²) in [5, 5.41) is 2.95. The van der Waals surface area contributed by atoms with Crippen molar-refractivity contribution >= 4 is 17.5 Å². The molecule has 1 N–H and O–H groups in total. The Hall–Kier alpha value is -1.92. The molecule has 2 fully saturated rings. The van der Waals surface area contributed by atoms with E-state index in [1.807, 2.05) is 17.0 Å². The highest BCUT2D eigenvalue weighted by Crippen LogP contribution is 2.18. The lowest BCUT2D eigenvalue weighted by Crippen LogP contribution is -2.52. The second-order valence-electron chi connectivity index (χ2n) is 7.43. The highest BCUT2D eigenvalue weighted by atomic mass is 16.5. The predicted molar refractivity (Wildman–Crippen MR) is 101 cm³/mol. The van der Waals surface area contributed by atoms with Crippen LogP contribution in [0.1, 0.15) is 38.2 Å². The first kappa shape index (κ1) is 18.9. The second-order valence-corrected chi connectivity index (χ2v) is 7.43. The standard InChI is InChI=1S/C20H29N3O3/c1-15(2)16-5-7-17(8-6-16)21-19(24)14-22-9-11-23(12-10-22)20(25)18-4-3-13-26-18/h5-8,15,18H,3-4,9-14H2,1-2H3,(H,21,24)/t18-/m1/s1. The number of anilines is 1. The van der Waals surface area contributed by atoms with Gasteiger partial charge in [0.05, 0.1) is 6.54 Å². The molecule has 0 saturated carbocycles. The van der Waals surface area contributed by atoms with E-state index in [1.54, 1.807) is 0 Å². The number of carbonyl (C=O) groups excluding carboxylic acids is 2. The Bertz CT molecular complexity index is 616. The van der Waals surface area contributed by atoms with Crippen molar-refractivity contribution in [2.24, 2.45) is 0 Å². The van der Waals surface area contributed by atoms with E-state index in [4.69, 9.17) is 4.74 Å². The second kappa shape index (κ2) is 8.64. The third-order valence-corrected chi connectivity index (χ3v) is 5.12. The van der Waals surface area contributed by atoms with Crippen molar-refractivity contribution in [1.29, 1.82) is 0 Å². The number of benzene rings is 1. The van der Waals surface area contributed by atoms with Gasteiger partial charge in [0.1, 0.15) is 6.10 Å². The van der Waals surface area contributed by atoms with E-state index in [0.717, 1.165) is 31.6 Å². The van der Waals surface area contributed by atoms with Crippen LogP contribution in [0.15, 0.2) is 24.3 Å². The Morgan fingerprint density at radius 3 is 2.42 bits per heavy atom. The van der Waals surface area contributed by atoms with E-state index in [0.29, 0.717) is 32.2 Å². The van der Waals surface area contributed by atoms with E-state index < -0.39 is 0 Å². The summed E-state index contributed by atoms with van der Waals surface area (Å²) in [6.07, 6.45) is 1.55. The molecule has 3 rings (SSSR count). The third-order valence-electron chi connectivity index (χ3n) is 5.12. The molecule has 0 bridgehead atoms. The van der Waals surface area contributed by atoms with Crippen LogP contribution >= 0.6 is 0 Å². The van der Waals surface area contributed by atoms with Gasteiger partial charge in [-0.15, -0.1) is 0 Å². The van der Waals surface area contributed by atoms with Gasteiger partial charge in [0.15, 0.2) is 0 Å². The molecule has 0 aliphatic carbocycles. The first-order valence-electron chi connectivity index (χ1n) is 9.55. The number of ether oxygens (including phenoxy) is 1. The van der Waals surface area contributed by atoms with Crippen LogP contribution in [0.25, 0.3) is 0 Å². The predicted octanol–water partition coefficient (Wildman–Crippen LogP) is 2.07. The molecular formula is C20H29N3O3. The van der Waals surface area contributed by atoms with Gasteiger partial charge in [-0.3, -0.25) is 14.5 Å². The summed E-state index contributed by atoms with van der Waals surface area (Å²) in [5.41, 5.74) is 2.08. The molecule has 0 aromatic heterocycles. The monoisotopic (exact) mass is 359 g/mol. The summed E-state index contributed by atoms with van der Waals surface area (Å²) >= 11 is 0. The zero-order valence-corrected chi connectivity index (χ0v) is 15.7. The maximum Gasteiger partial charge on any atom is 0.251 e. The van der Waals surface area contributed by atoms with Crippen molar-refractivity contribution in [2.75, 3.05) is 44.6 Å². The van der Waals surface area contributed by atoms with Crippen LogP contribution in [0.2, 0.25) is 0 Å². The zero-order valence-electron chi connectivity index (χ0n) is 15.7. The Morgan fingerprint density at radius 1 is 1.15 bits per heavy atom. The molecule has 6 heteroatoms. The summed E-state index contributed by atoms with van der Waals surface area (Å²) in [5.74, 6) is 0.575. The van der Waals surface area contributed by atoms with E-state index in [9.17, 15) is 9.59 Å². The van der Waals surface area contributed by atoms with Gasteiger partial charge in [-0.1, -0.05) is 26.0 Å². The van der Waals surface area contributed by atoms with Crippen LogP contribution in [-0.4, -0.2) is 67.0 Å². The van der Waals surface area contributed by atoms with Crippen molar-refractivity contribution in [3.05, 3.63) is 29.8 Å². The van der Waals surface area contributed by atoms with E-state index in [2.05, 4.69) is 36.2 Å². The Morgan fingerprint density at radius 2 is 1.85 bits per heavy atom. The first-order valence-corrected chi connectivity index (χ1v) is 9.55. The van der Waals surface area contributed by atoms with Crippen LogP contribution in [0.5, 0.6) is 0 Å². The lowest BCUT2D eigenvalue weighted by molar-refractivity contribution is -0.142. The van der Waals surface area contributed by atoms with Gasteiger partial charge in [0, 0.05) is 38.5 Å². The van der Waals surface area contributed by atoms with Crippen LogP contribution in [-0.2, 0) is 14.3 Å². The zero-order chi connectivity index (χ0) is 18.5. The lowest BCUT2D eigenvalue weighted by Gasteiger charge is -2.35. The molecule has 142 valence electrons. The van der Waals surface area contributed by atoms with Crippen molar-refractivity contribution in [3.8, 4) is 0 Å². The number of hydrogen-bond acceptors (Lipinski definition) is 4. The summed E-state index contributed by atoms with van der Waals surface area (Å²) in [6, 6.07) is 8.00. The van der Waals surface area contributed by atoms with Gasteiger partial charge in [-0.05, 0) is 36.5 Å². The van der Waals surface area contributed by atoms with Gasteiger partial charge in [-0.2, -0.15) is 0 Å². The molecule has 2 saturated heterocycles. The van der Waals surface area contributed by atoms with E-state index >= 15 is 0 Å². The Balaban J connectivity index is 1.42. The molecule has 1 atom stereocenters. The molecule has 2 aliphatic heterocycles. The summed E-state index contributed by atoms with van der Waals surface area (Å²) in [7, 11) is 0. The Labute approximate surface area is 155 Å². The molecular weight excluding hydrogens is 330 g/mol. The summed E-state index contributed by atoms with van der Waals surface area (Å²) in [4.78, 5) is 28.6. The summed E-state index contributed by atoms with van der Waals surface area (Å²) < 4.78 is 5.48. The van der Waals surface area contributed by atoms with Crippen molar-refractivity contribution < 1.29 is 14.3 Å². The van der Waals surface area contributed by atoms with Gasteiger partial charge in [0.25, 0.3) is 5.91 Å². The van der Waals surface area contributed by atoms with Crippen LogP contribution in [0, 0.1) is 0 Å². The molecule has 0 radical (unpaired) electrons. The quantitative estimate of drug-likeness (QED) is 0.874. The van der Waals surface area contributed by atoms with E-state index in [-0.39, 0.29) is 17.9 Å².